The van der Waals surface area contributed by atoms with Crippen molar-refractivity contribution in [3.8, 4) is 0 Å². The highest BCUT2D eigenvalue weighted by Gasteiger charge is 2.29. The predicted molar refractivity (Wildman–Crippen MR) is 115 cm³/mol. The van der Waals surface area contributed by atoms with Crippen molar-refractivity contribution in [3.05, 3.63) is 52.5 Å². The van der Waals surface area contributed by atoms with Crippen LogP contribution in [0.4, 0.5) is 21.0 Å². The number of aromatic nitrogens is 2. The number of amides is 1. The van der Waals surface area contributed by atoms with E-state index in [2.05, 4.69) is 10.1 Å². The molecule has 0 radical (unpaired) electrons. The lowest BCUT2D eigenvalue weighted by Crippen LogP contribution is -2.39. The van der Waals surface area contributed by atoms with Gasteiger partial charge in [-0.2, -0.15) is 0 Å². The zero-order valence-electron chi connectivity index (χ0n) is 16.9. The van der Waals surface area contributed by atoms with Crippen LogP contribution in [0.3, 0.4) is 0 Å². The van der Waals surface area contributed by atoms with E-state index in [-0.39, 0.29) is 21.6 Å². The zero-order valence-corrected chi connectivity index (χ0v) is 17.7. The monoisotopic (exact) mass is 443 g/mol. The van der Waals surface area contributed by atoms with Gasteiger partial charge in [0.25, 0.3) is 0 Å². The molecule has 0 spiro atoms. The van der Waals surface area contributed by atoms with Crippen LogP contribution in [0.2, 0.25) is 0 Å². The van der Waals surface area contributed by atoms with Gasteiger partial charge in [0.15, 0.2) is 5.13 Å². The molecule has 2 aromatic heterocycles. The van der Waals surface area contributed by atoms with Gasteiger partial charge in [0, 0.05) is 17.7 Å². The quantitative estimate of drug-likeness (QED) is 0.532. The number of benzene rings is 1. The summed E-state index contributed by atoms with van der Waals surface area (Å²) < 4.78 is 18.7. The van der Waals surface area contributed by atoms with E-state index in [9.17, 15) is 14.0 Å². The molecule has 2 heterocycles. The van der Waals surface area contributed by atoms with Crippen LogP contribution in [0.25, 0.3) is 0 Å². The van der Waals surface area contributed by atoms with Crippen molar-refractivity contribution >= 4 is 39.7 Å². The molecular weight excluding hydrogens is 421 g/mol. The van der Waals surface area contributed by atoms with Gasteiger partial charge in [-0.25, -0.2) is 9.37 Å². The normalized spacial score (nSPS) is 15.2. The van der Waals surface area contributed by atoms with Crippen LogP contribution in [0.1, 0.15) is 59.7 Å². The van der Waals surface area contributed by atoms with Crippen LogP contribution >= 0.6 is 11.3 Å². The number of primary amides is 1. The van der Waals surface area contributed by atoms with Gasteiger partial charge in [-0.15, -0.1) is 0 Å². The summed E-state index contributed by atoms with van der Waals surface area (Å²) in [4.78, 5) is 30.9. The molecule has 8 nitrogen and oxygen atoms in total. The molecule has 0 unspecified atom stereocenters. The second-order valence-electron chi connectivity index (χ2n) is 7.56. The second kappa shape index (κ2) is 8.46. The Balaban J connectivity index is 1.66. The van der Waals surface area contributed by atoms with E-state index in [0.717, 1.165) is 42.7 Å². The number of rotatable bonds is 7. The number of carbonyl (C=O) groups excluding carboxylic acids is 2. The molecule has 162 valence electrons. The molecule has 1 aromatic carbocycles. The van der Waals surface area contributed by atoms with Crippen LogP contribution in [-0.2, 0) is 4.79 Å². The summed E-state index contributed by atoms with van der Waals surface area (Å²) in [5.74, 6) is -1.04. The summed E-state index contributed by atoms with van der Waals surface area (Å²) in [7, 11) is 0. The van der Waals surface area contributed by atoms with Crippen molar-refractivity contribution in [1.29, 1.82) is 0 Å². The van der Waals surface area contributed by atoms with Gasteiger partial charge in [0.05, 0.1) is 5.69 Å². The lowest BCUT2D eigenvalue weighted by Gasteiger charge is -2.26. The molecule has 3 aromatic rings. The maximum Gasteiger partial charge on any atom is 0.244 e. The summed E-state index contributed by atoms with van der Waals surface area (Å²) in [6.07, 6.45) is 4.35. The molecule has 1 amide bonds. The lowest BCUT2D eigenvalue weighted by atomic mass is 10.0. The third-order valence-electron chi connectivity index (χ3n) is 5.48. The average Bonchev–Trinajstić information content (AvgIpc) is 3.49. The van der Waals surface area contributed by atoms with Gasteiger partial charge >= 0.3 is 0 Å². The Bertz CT molecular complexity index is 1100. The number of halogens is 1. The van der Waals surface area contributed by atoms with E-state index < -0.39 is 23.5 Å². The molecule has 10 heteroatoms. The number of hydrogen-bond acceptors (Lipinski definition) is 8. The van der Waals surface area contributed by atoms with Crippen molar-refractivity contribution in [3.63, 3.8) is 0 Å². The molecule has 0 bridgehead atoms. The first-order chi connectivity index (χ1) is 14.8. The Labute approximate surface area is 182 Å². The third kappa shape index (κ3) is 4.15. The molecule has 0 saturated heterocycles. The molecule has 1 saturated carbocycles. The number of nitrogen functional groups attached to an aromatic ring is 1. The Morgan fingerprint density at radius 2 is 1.94 bits per heavy atom. The lowest BCUT2D eigenvalue weighted by molar-refractivity contribution is -0.118. The van der Waals surface area contributed by atoms with Gasteiger partial charge in [0.1, 0.15) is 22.6 Å². The number of nitrogens with zero attached hydrogens (tertiary/aromatic N) is 3. The first-order valence-electron chi connectivity index (χ1n) is 9.97. The highest BCUT2D eigenvalue weighted by atomic mass is 32.1. The SMILES string of the molecule is C[C@H](C(N)=O)N(c1ccc(F)cc1)c1nc(N)c(C(=O)c2cc(C3CCCC3)no2)s1. The predicted octanol–water partition coefficient (Wildman–Crippen LogP) is 3.75. The van der Waals surface area contributed by atoms with Gasteiger partial charge in [-0.05, 0) is 44.0 Å². The fourth-order valence-corrected chi connectivity index (χ4v) is 4.77. The summed E-state index contributed by atoms with van der Waals surface area (Å²) in [5, 5.41) is 4.35. The van der Waals surface area contributed by atoms with Crippen LogP contribution in [-0.4, -0.2) is 27.9 Å². The molecule has 1 aliphatic rings. The number of ketones is 1. The Morgan fingerprint density at radius 3 is 2.58 bits per heavy atom. The minimum absolute atomic E-state index is 0.00704. The fraction of sp³-hybridized carbons (Fsp3) is 0.333. The highest BCUT2D eigenvalue weighted by Crippen LogP contribution is 2.37. The standard InChI is InChI=1S/C21H22FN5O3S/c1-11(20(24)29)27(14-8-6-13(22)7-9-14)21-25-19(23)18(31-21)17(28)16-10-15(26-30-16)12-4-2-3-5-12/h6-12H,2-5,23H2,1H3,(H2,24,29)/t11-/m1/s1. The average molecular weight is 444 g/mol. The summed E-state index contributed by atoms with van der Waals surface area (Å²) >= 11 is 1.01. The Morgan fingerprint density at radius 1 is 1.26 bits per heavy atom. The fourth-order valence-electron chi connectivity index (χ4n) is 3.74. The van der Waals surface area contributed by atoms with Gasteiger partial charge < -0.3 is 20.9 Å². The molecule has 31 heavy (non-hydrogen) atoms. The molecule has 1 aliphatic carbocycles. The maximum atomic E-state index is 13.4. The molecule has 4 rings (SSSR count). The third-order valence-corrected chi connectivity index (χ3v) is 6.55. The van der Waals surface area contributed by atoms with Crippen LogP contribution < -0.4 is 16.4 Å². The molecule has 0 aliphatic heterocycles. The smallest absolute Gasteiger partial charge is 0.244 e. The summed E-state index contributed by atoms with van der Waals surface area (Å²) in [6, 6.07) is 6.38. The number of anilines is 3. The maximum absolute atomic E-state index is 13.4. The van der Waals surface area contributed by atoms with E-state index in [4.69, 9.17) is 16.0 Å². The van der Waals surface area contributed by atoms with Crippen LogP contribution in [0.5, 0.6) is 0 Å². The van der Waals surface area contributed by atoms with E-state index in [0.29, 0.717) is 11.6 Å². The minimum atomic E-state index is -0.807. The number of carbonyl (C=O) groups is 2. The van der Waals surface area contributed by atoms with E-state index in [1.165, 1.54) is 29.2 Å². The van der Waals surface area contributed by atoms with Crippen LogP contribution in [0, 0.1) is 5.82 Å². The number of nitrogens with two attached hydrogens (primary N) is 2. The van der Waals surface area contributed by atoms with Gasteiger partial charge in [0.2, 0.25) is 17.5 Å². The summed E-state index contributed by atoms with van der Waals surface area (Å²) in [5.41, 5.74) is 12.8. The molecule has 1 fully saturated rings. The van der Waals surface area contributed by atoms with E-state index in [1.807, 2.05) is 0 Å². The minimum Gasteiger partial charge on any atom is -0.382 e. The number of hydrogen-bond donors (Lipinski definition) is 2. The number of thiazole rings is 1. The second-order valence-corrected chi connectivity index (χ2v) is 8.54. The van der Waals surface area contributed by atoms with Gasteiger partial charge in [-0.3, -0.25) is 9.59 Å². The first kappa shape index (κ1) is 21.0. The van der Waals surface area contributed by atoms with Crippen molar-refractivity contribution in [2.75, 3.05) is 10.6 Å². The van der Waals surface area contributed by atoms with E-state index in [1.54, 1.807) is 13.0 Å². The van der Waals surface area contributed by atoms with Crippen molar-refractivity contribution in [2.24, 2.45) is 5.73 Å². The molecule has 4 N–H and O–H groups in total. The van der Waals surface area contributed by atoms with Crippen molar-refractivity contribution < 1.29 is 18.5 Å². The zero-order chi connectivity index (χ0) is 22.1. The largest absolute Gasteiger partial charge is 0.382 e. The van der Waals surface area contributed by atoms with E-state index >= 15 is 0 Å². The highest BCUT2D eigenvalue weighted by molar-refractivity contribution is 7.18. The van der Waals surface area contributed by atoms with Crippen molar-refractivity contribution in [2.45, 2.75) is 44.6 Å². The molecule has 1 atom stereocenters. The van der Waals surface area contributed by atoms with Crippen molar-refractivity contribution in [1.82, 2.24) is 10.1 Å². The van der Waals surface area contributed by atoms with Crippen LogP contribution in [0.15, 0.2) is 34.9 Å². The van der Waals surface area contributed by atoms with Gasteiger partial charge in [-0.1, -0.05) is 29.3 Å². The molecular formula is C21H22FN5O3S. The first-order valence-corrected chi connectivity index (χ1v) is 10.8. The Hall–Kier alpha value is -3.27. The summed E-state index contributed by atoms with van der Waals surface area (Å²) in [6.45, 7) is 1.59. The Kier molecular flexibility index (Phi) is 5.73. The topological polar surface area (TPSA) is 128 Å².